The Hall–Kier alpha value is -4.13. The van der Waals surface area contributed by atoms with Crippen molar-refractivity contribution in [3.8, 4) is 11.3 Å². The minimum absolute atomic E-state index is 0.0342. The summed E-state index contributed by atoms with van der Waals surface area (Å²) in [7, 11) is 1.62. The van der Waals surface area contributed by atoms with E-state index in [0.29, 0.717) is 29.9 Å². The fourth-order valence-electron chi connectivity index (χ4n) is 3.58. The van der Waals surface area contributed by atoms with Crippen LogP contribution in [0.1, 0.15) is 33.2 Å². The lowest BCUT2D eigenvalue weighted by Crippen LogP contribution is -2.18. The van der Waals surface area contributed by atoms with Gasteiger partial charge in [-0.25, -0.2) is 9.97 Å². The average Bonchev–Trinajstić information content (AvgIpc) is 2.83. The molecule has 0 aliphatic heterocycles. The van der Waals surface area contributed by atoms with Gasteiger partial charge >= 0.3 is 0 Å². The zero-order valence-electron chi connectivity index (χ0n) is 17.9. The molecule has 0 saturated carbocycles. The predicted molar refractivity (Wildman–Crippen MR) is 125 cm³/mol. The Morgan fingerprint density at radius 3 is 2.53 bits per heavy atom. The maximum atomic E-state index is 12.2. The number of ketones is 1. The Balaban J connectivity index is 1.48. The minimum Gasteiger partial charge on any atom is -0.370 e. The number of benzene rings is 2. The van der Waals surface area contributed by atoms with Crippen LogP contribution < -0.4 is 10.6 Å². The van der Waals surface area contributed by atoms with Crippen LogP contribution in [-0.2, 0) is 6.42 Å². The Bertz CT molecular complexity index is 1290. The van der Waals surface area contributed by atoms with Gasteiger partial charge in [-0.3, -0.25) is 14.6 Å². The third-order valence-corrected chi connectivity index (χ3v) is 5.28. The van der Waals surface area contributed by atoms with Crippen LogP contribution in [0, 0.1) is 0 Å². The Morgan fingerprint density at radius 2 is 1.78 bits per heavy atom. The second-order valence-electron chi connectivity index (χ2n) is 7.35. The Morgan fingerprint density at radius 1 is 0.969 bits per heavy atom. The van der Waals surface area contributed by atoms with E-state index in [9.17, 15) is 9.59 Å². The van der Waals surface area contributed by atoms with E-state index < -0.39 is 0 Å². The zero-order chi connectivity index (χ0) is 22.5. The van der Waals surface area contributed by atoms with Gasteiger partial charge in [0.25, 0.3) is 5.91 Å². The number of Topliss-reactive ketones (excluding diaryl/α,β-unsaturated/α-hetero) is 1. The van der Waals surface area contributed by atoms with Gasteiger partial charge in [0, 0.05) is 42.4 Å². The third kappa shape index (κ3) is 4.46. The maximum Gasteiger partial charge on any atom is 0.251 e. The molecule has 0 aliphatic carbocycles. The minimum atomic E-state index is -0.127. The number of fused-ring (bicyclic) bond motifs is 1. The van der Waals surface area contributed by atoms with Crippen molar-refractivity contribution < 1.29 is 9.59 Å². The van der Waals surface area contributed by atoms with E-state index in [2.05, 4.69) is 25.6 Å². The van der Waals surface area contributed by atoms with Crippen LogP contribution in [0.15, 0.2) is 67.1 Å². The highest BCUT2D eigenvalue weighted by Crippen LogP contribution is 2.22. The van der Waals surface area contributed by atoms with E-state index in [-0.39, 0.29) is 11.7 Å². The zero-order valence-corrected chi connectivity index (χ0v) is 17.9. The predicted octanol–water partition coefficient (Wildman–Crippen LogP) is 3.91. The Kier molecular flexibility index (Phi) is 6.17. The van der Waals surface area contributed by atoms with Crippen molar-refractivity contribution in [1.82, 2.24) is 20.3 Å². The standard InChI is InChI=1S/C25H23N5O2/c1-16(31)17-6-8-18(9-7-17)22-14-23(30-15-29-22)27-12-10-19-4-3-5-20-21(25(32)26-2)11-13-28-24(19)20/h3-9,11,13-15H,10,12H2,1-2H3,(H,26,32)(H,27,29,30). The van der Waals surface area contributed by atoms with E-state index in [1.807, 2.05) is 36.4 Å². The summed E-state index contributed by atoms with van der Waals surface area (Å²) in [6.45, 7) is 2.19. The number of para-hydroxylation sites is 1. The molecule has 7 nitrogen and oxygen atoms in total. The number of hydrogen-bond donors (Lipinski definition) is 2. The van der Waals surface area contributed by atoms with Crippen LogP contribution in [0.5, 0.6) is 0 Å². The lowest BCUT2D eigenvalue weighted by molar-refractivity contribution is 0.0963. The number of amides is 1. The van der Waals surface area contributed by atoms with Crippen LogP contribution >= 0.6 is 0 Å². The summed E-state index contributed by atoms with van der Waals surface area (Å²) in [4.78, 5) is 36.8. The number of aromatic nitrogens is 3. The molecule has 160 valence electrons. The molecular weight excluding hydrogens is 402 g/mol. The van der Waals surface area contributed by atoms with Crippen molar-refractivity contribution in [1.29, 1.82) is 0 Å². The normalized spacial score (nSPS) is 10.7. The van der Waals surface area contributed by atoms with Gasteiger partial charge in [0.2, 0.25) is 0 Å². The molecule has 0 atom stereocenters. The highest BCUT2D eigenvalue weighted by molar-refractivity contribution is 6.06. The molecule has 4 rings (SSSR count). The highest BCUT2D eigenvalue weighted by Gasteiger charge is 2.11. The van der Waals surface area contributed by atoms with E-state index in [1.165, 1.54) is 6.33 Å². The topological polar surface area (TPSA) is 96.9 Å². The Labute approximate surface area is 185 Å². The number of pyridine rings is 1. The molecule has 2 heterocycles. The van der Waals surface area contributed by atoms with E-state index in [0.717, 1.165) is 27.7 Å². The first kappa shape index (κ1) is 21.1. The van der Waals surface area contributed by atoms with Crippen LogP contribution in [-0.4, -0.2) is 40.2 Å². The van der Waals surface area contributed by atoms with Crippen LogP contribution in [0.4, 0.5) is 5.82 Å². The molecule has 0 fully saturated rings. The monoisotopic (exact) mass is 425 g/mol. The molecular formula is C25H23N5O2. The number of anilines is 1. The van der Waals surface area contributed by atoms with E-state index in [1.54, 1.807) is 38.4 Å². The number of nitrogens with one attached hydrogen (secondary N) is 2. The maximum absolute atomic E-state index is 12.2. The molecule has 32 heavy (non-hydrogen) atoms. The third-order valence-electron chi connectivity index (χ3n) is 5.28. The number of nitrogens with zero attached hydrogens (tertiary/aromatic N) is 3. The van der Waals surface area contributed by atoms with Crippen LogP contribution in [0.3, 0.4) is 0 Å². The molecule has 0 bridgehead atoms. The molecule has 0 saturated heterocycles. The van der Waals surface area contributed by atoms with Crippen LogP contribution in [0.25, 0.3) is 22.2 Å². The lowest BCUT2D eigenvalue weighted by Gasteiger charge is -2.10. The van der Waals surface area contributed by atoms with Crippen molar-refractivity contribution in [2.75, 3.05) is 18.9 Å². The second-order valence-corrected chi connectivity index (χ2v) is 7.35. The SMILES string of the molecule is CNC(=O)c1ccnc2c(CCNc3cc(-c4ccc(C(C)=O)cc4)ncn3)cccc12. The van der Waals surface area contributed by atoms with Crippen molar-refractivity contribution >= 4 is 28.4 Å². The first-order chi connectivity index (χ1) is 15.6. The van der Waals surface area contributed by atoms with Gasteiger partial charge < -0.3 is 10.6 Å². The fraction of sp³-hybridized carbons (Fsp3) is 0.160. The first-order valence-electron chi connectivity index (χ1n) is 10.3. The molecule has 0 radical (unpaired) electrons. The van der Waals surface area contributed by atoms with Crippen molar-refractivity contribution in [2.24, 2.45) is 0 Å². The molecule has 1 amide bonds. The summed E-state index contributed by atoms with van der Waals surface area (Å²) in [6, 6.07) is 16.9. The van der Waals surface area contributed by atoms with Crippen LogP contribution in [0.2, 0.25) is 0 Å². The quantitative estimate of drug-likeness (QED) is 0.436. The van der Waals surface area contributed by atoms with Gasteiger partial charge in [0.05, 0.1) is 16.8 Å². The summed E-state index contributed by atoms with van der Waals surface area (Å²) in [5, 5.41) is 6.84. The van der Waals surface area contributed by atoms with Crippen molar-refractivity contribution in [3.05, 3.63) is 83.8 Å². The van der Waals surface area contributed by atoms with Gasteiger partial charge in [-0.15, -0.1) is 0 Å². The molecule has 4 aromatic rings. The van der Waals surface area contributed by atoms with Crippen molar-refractivity contribution in [2.45, 2.75) is 13.3 Å². The largest absolute Gasteiger partial charge is 0.370 e. The van der Waals surface area contributed by atoms with Gasteiger partial charge in [0.1, 0.15) is 12.1 Å². The summed E-state index contributed by atoms with van der Waals surface area (Å²) in [5.74, 6) is 0.620. The van der Waals surface area contributed by atoms with E-state index >= 15 is 0 Å². The lowest BCUT2D eigenvalue weighted by atomic mass is 10.0. The fourth-order valence-corrected chi connectivity index (χ4v) is 3.58. The highest BCUT2D eigenvalue weighted by atomic mass is 16.1. The van der Waals surface area contributed by atoms with Gasteiger partial charge in [-0.1, -0.05) is 42.5 Å². The van der Waals surface area contributed by atoms with Gasteiger partial charge in [-0.2, -0.15) is 0 Å². The van der Waals surface area contributed by atoms with E-state index in [4.69, 9.17) is 0 Å². The molecule has 0 aliphatic rings. The average molecular weight is 425 g/mol. The number of hydrogen-bond acceptors (Lipinski definition) is 6. The molecule has 0 unspecified atom stereocenters. The molecule has 2 aromatic heterocycles. The van der Waals surface area contributed by atoms with Crippen molar-refractivity contribution in [3.63, 3.8) is 0 Å². The number of rotatable bonds is 7. The van der Waals surface area contributed by atoms with Gasteiger partial charge in [0.15, 0.2) is 5.78 Å². The summed E-state index contributed by atoms with van der Waals surface area (Å²) in [5.41, 5.74) is 4.85. The first-order valence-corrected chi connectivity index (χ1v) is 10.3. The summed E-state index contributed by atoms with van der Waals surface area (Å²) < 4.78 is 0. The molecule has 0 spiro atoms. The smallest absolute Gasteiger partial charge is 0.251 e. The number of carbonyl (C=O) groups excluding carboxylic acids is 2. The summed E-state index contributed by atoms with van der Waals surface area (Å²) in [6.07, 6.45) is 3.90. The molecule has 2 N–H and O–H groups in total. The molecule has 2 aromatic carbocycles. The summed E-state index contributed by atoms with van der Waals surface area (Å²) >= 11 is 0. The second kappa shape index (κ2) is 9.34. The molecule has 7 heteroatoms. The number of carbonyl (C=O) groups is 2. The van der Waals surface area contributed by atoms with Gasteiger partial charge in [-0.05, 0) is 25.0 Å².